The molecular formula is C36H35F3N6O2. The van der Waals surface area contributed by atoms with E-state index in [-0.39, 0.29) is 17.2 Å². The number of amides is 2. The van der Waals surface area contributed by atoms with Gasteiger partial charge in [-0.3, -0.25) is 19.6 Å². The summed E-state index contributed by atoms with van der Waals surface area (Å²) >= 11 is 0. The highest BCUT2D eigenvalue weighted by atomic mass is 19.4. The summed E-state index contributed by atoms with van der Waals surface area (Å²) < 4.78 is 39.1. The highest BCUT2D eigenvalue weighted by Gasteiger charge is 2.30. The molecule has 2 aromatic carbocycles. The molecule has 47 heavy (non-hydrogen) atoms. The number of aromatic nitrogens is 3. The van der Waals surface area contributed by atoms with Gasteiger partial charge in [0, 0.05) is 50.0 Å². The summed E-state index contributed by atoms with van der Waals surface area (Å²) in [5.74, 6) is -0.553. The molecule has 0 unspecified atom stereocenters. The molecule has 0 fully saturated rings. The van der Waals surface area contributed by atoms with E-state index in [2.05, 4.69) is 32.5 Å². The van der Waals surface area contributed by atoms with Crippen LogP contribution in [0.5, 0.6) is 0 Å². The zero-order valence-corrected chi connectivity index (χ0v) is 26.1. The highest BCUT2D eigenvalue weighted by Crippen LogP contribution is 2.31. The summed E-state index contributed by atoms with van der Waals surface area (Å²) in [6.45, 7) is 3.74. The van der Waals surface area contributed by atoms with Crippen LogP contribution in [0.4, 0.5) is 19.0 Å². The summed E-state index contributed by atoms with van der Waals surface area (Å²) in [4.78, 5) is 41.5. The second-order valence-corrected chi connectivity index (χ2v) is 11.2. The van der Waals surface area contributed by atoms with Gasteiger partial charge in [0.2, 0.25) is 5.91 Å². The molecule has 0 saturated heterocycles. The first kappa shape index (κ1) is 33.2. The smallest absolute Gasteiger partial charge is 0.345 e. The monoisotopic (exact) mass is 640 g/mol. The van der Waals surface area contributed by atoms with Crippen LogP contribution < -0.4 is 10.6 Å². The molecule has 0 radical (unpaired) electrons. The summed E-state index contributed by atoms with van der Waals surface area (Å²) in [5.41, 5.74) is 2.46. The average molecular weight is 641 g/mol. The number of halogens is 3. The van der Waals surface area contributed by atoms with Crippen molar-refractivity contribution in [2.45, 2.75) is 38.4 Å². The Bertz CT molecular complexity index is 1830. The van der Waals surface area contributed by atoms with Crippen LogP contribution in [0.25, 0.3) is 22.2 Å². The summed E-state index contributed by atoms with van der Waals surface area (Å²) in [5, 5.41) is 7.06. The first-order valence-electron chi connectivity index (χ1n) is 15.3. The first-order valence-corrected chi connectivity index (χ1v) is 15.3. The van der Waals surface area contributed by atoms with Crippen LogP contribution in [0.15, 0.2) is 97.3 Å². The molecule has 5 aromatic rings. The lowest BCUT2D eigenvalue weighted by Gasteiger charge is -2.24. The topological polar surface area (TPSA) is 100 Å². The molecule has 2 amide bonds. The summed E-state index contributed by atoms with van der Waals surface area (Å²) in [7, 11) is 1.83. The average Bonchev–Trinajstić information content (AvgIpc) is 3.08. The van der Waals surface area contributed by atoms with Gasteiger partial charge in [0.05, 0.1) is 33.9 Å². The molecule has 11 heteroatoms. The van der Waals surface area contributed by atoms with Crippen LogP contribution in [-0.4, -0.2) is 51.8 Å². The lowest BCUT2D eigenvalue weighted by atomic mass is 10.0. The van der Waals surface area contributed by atoms with Crippen molar-refractivity contribution in [1.29, 1.82) is 0 Å². The Balaban J connectivity index is 1.25. The van der Waals surface area contributed by atoms with Crippen molar-refractivity contribution >= 4 is 28.5 Å². The molecule has 3 heterocycles. The number of pyridine rings is 3. The van der Waals surface area contributed by atoms with Crippen LogP contribution in [-0.2, 0) is 17.5 Å². The van der Waals surface area contributed by atoms with E-state index in [1.54, 1.807) is 29.3 Å². The molecule has 0 aliphatic rings. The maximum Gasteiger partial charge on any atom is 0.416 e. The Hall–Kier alpha value is -5.16. The number of likely N-dealkylation sites (N-methyl/N-ethyl adjacent to an activating group) is 1. The van der Waals surface area contributed by atoms with Gasteiger partial charge in [-0.2, -0.15) is 13.2 Å². The van der Waals surface area contributed by atoms with Crippen LogP contribution in [0, 0.1) is 0 Å². The molecule has 5 rings (SSSR count). The van der Waals surface area contributed by atoms with Gasteiger partial charge in [0.25, 0.3) is 5.91 Å². The van der Waals surface area contributed by atoms with Crippen LogP contribution in [0.1, 0.15) is 52.9 Å². The standard InChI is InChI=1S/C36H35F3N6O2/c1-3-4-20-45(2)35(47)29(31-9-5-6-18-41-31)23-40-22-24-10-16-30-26(21-24)13-17-32(43-30)44-34(46)28-8-7-19-42-33(28)25-11-14-27(15-12-25)36(37,38)39/h5-19,21,29,40H,3-4,20,22-23H2,1-2H3,(H,43,44,46)/t29-/m0/s1. The molecular weight excluding hydrogens is 605 g/mol. The molecule has 0 spiro atoms. The van der Waals surface area contributed by atoms with Gasteiger partial charge < -0.3 is 15.5 Å². The number of hydrogen-bond donors (Lipinski definition) is 2. The minimum absolute atomic E-state index is 0.0275. The number of alkyl halides is 3. The first-order chi connectivity index (χ1) is 22.6. The van der Waals surface area contributed by atoms with Gasteiger partial charge >= 0.3 is 6.18 Å². The van der Waals surface area contributed by atoms with Crippen molar-refractivity contribution in [1.82, 2.24) is 25.2 Å². The van der Waals surface area contributed by atoms with Crippen molar-refractivity contribution in [3.8, 4) is 11.3 Å². The molecule has 0 aliphatic heterocycles. The number of carbonyl (C=O) groups is 2. The van der Waals surface area contributed by atoms with E-state index in [9.17, 15) is 22.8 Å². The quantitative estimate of drug-likeness (QED) is 0.151. The van der Waals surface area contributed by atoms with Crippen LogP contribution in [0.2, 0.25) is 0 Å². The molecule has 0 saturated carbocycles. The number of nitrogens with zero attached hydrogens (tertiary/aromatic N) is 4. The van der Waals surface area contributed by atoms with Crippen molar-refractivity contribution < 1.29 is 22.8 Å². The van der Waals surface area contributed by atoms with E-state index in [1.807, 2.05) is 49.5 Å². The molecule has 3 aromatic heterocycles. The Kier molecular flexibility index (Phi) is 10.6. The fourth-order valence-corrected chi connectivity index (χ4v) is 5.21. The predicted molar refractivity (Wildman–Crippen MR) is 176 cm³/mol. The molecule has 8 nitrogen and oxygen atoms in total. The molecule has 242 valence electrons. The van der Waals surface area contributed by atoms with Gasteiger partial charge in [-0.1, -0.05) is 37.6 Å². The van der Waals surface area contributed by atoms with Gasteiger partial charge in [-0.25, -0.2) is 4.98 Å². The number of unbranched alkanes of at least 4 members (excludes halogenated alkanes) is 1. The molecule has 2 N–H and O–H groups in total. The van der Waals surface area contributed by atoms with E-state index >= 15 is 0 Å². The Morgan fingerprint density at radius 1 is 0.915 bits per heavy atom. The van der Waals surface area contributed by atoms with Gasteiger partial charge in [-0.15, -0.1) is 0 Å². The largest absolute Gasteiger partial charge is 0.416 e. The normalized spacial score (nSPS) is 12.1. The molecule has 0 aliphatic carbocycles. The van der Waals surface area contributed by atoms with Crippen molar-refractivity contribution in [2.24, 2.45) is 0 Å². The van der Waals surface area contributed by atoms with Gasteiger partial charge in [0.15, 0.2) is 0 Å². The Labute approximate surface area is 271 Å². The Morgan fingerprint density at radius 3 is 2.43 bits per heavy atom. The van der Waals surface area contributed by atoms with Gasteiger partial charge in [0.1, 0.15) is 5.82 Å². The van der Waals surface area contributed by atoms with Crippen molar-refractivity contribution in [3.63, 3.8) is 0 Å². The zero-order valence-electron chi connectivity index (χ0n) is 26.1. The predicted octanol–water partition coefficient (Wildman–Crippen LogP) is 7.09. The van der Waals surface area contributed by atoms with E-state index in [4.69, 9.17) is 0 Å². The maximum atomic E-state index is 13.3. The third-order valence-electron chi connectivity index (χ3n) is 7.78. The SMILES string of the molecule is CCCCN(C)C(=O)[C@@H](CNCc1ccc2nc(NC(=O)c3cccnc3-c3ccc(C(F)(F)F)cc3)ccc2c1)c1ccccn1. The van der Waals surface area contributed by atoms with E-state index in [0.717, 1.165) is 41.6 Å². The van der Waals surface area contributed by atoms with Crippen LogP contribution in [0.3, 0.4) is 0 Å². The van der Waals surface area contributed by atoms with Gasteiger partial charge in [-0.05, 0) is 72.6 Å². The second-order valence-electron chi connectivity index (χ2n) is 11.2. The third kappa shape index (κ3) is 8.36. The number of fused-ring (bicyclic) bond motifs is 1. The highest BCUT2D eigenvalue weighted by molar-refractivity contribution is 6.08. The van der Waals surface area contributed by atoms with Crippen LogP contribution >= 0.6 is 0 Å². The number of anilines is 1. The van der Waals surface area contributed by atoms with E-state index in [1.165, 1.54) is 18.3 Å². The lowest BCUT2D eigenvalue weighted by Crippen LogP contribution is -2.37. The fraction of sp³-hybridized carbons (Fsp3) is 0.250. The maximum absolute atomic E-state index is 13.3. The zero-order chi connectivity index (χ0) is 33.4. The molecule has 0 bridgehead atoms. The van der Waals surface area contributed by atoms with Crippen molar-refractivity contribution in [2.75, 3.05) is 25.5 Å². The van der Waals surface area contributed by atoms with Crippen molar-refractivity contribution in [3.05, 3.63) is 120 Å². The minimum Gasteiger partial charge on any atom is -0.345 e. The minimum atomic E-state index is -4.46. The lowest BCUT2D eigenvalue weighted by molar-refractivity contribution is -0.137. The number of carbonyl (C=O) groups excluding carboxylic acids is 2. The Morgan fingerprint density at radius 2 is 1.70 bits per heavy atom. The number of rotatable bonds is 12. The summed E-state index contributed by atoms with van der Waals surface area (Å²) in [6.07, 6.45) is 0.660. The third-order valence-corrected chi connectivity index (χ3v) is 7.78. The fourth-order valence-electron chi connectivity index (χ4n) is 5.21. The van der Waals surface area contributed by atoms with E-state index < -0.39 is 23.6 Å². The molecule has 1 atom stereocenters. The summed E-state index contributed by atoms with van der Waals surface area (Å²) in [6, 6.07) is 22.6. The number of benzene rings is 2. The number of hydrogen-bond acceptors (Lipinski definition) is 6. The second kappa shape index (κ2) is 15.0. The number of nitrogens with one attached hydrogen (secondary N) is 2. The van der Waals surface area contributed by atoms with E-state index in [0.29, 0.717) is 36.5 Å².